The maximum atomic E-state index is 12.3. The molecule has 130 valence electrons. The van der Waals surface area contributed by atoms with Crippen LogP contribution in [0.1, 0.15) is 43.5 Å². The number of nitrogens with zero attached hydrogens (tertiary/aromatic N) is 1. The zero-order chi connectivity index (χ0) is 16.5. The first-order valence-electron chi connectivity index (χ1n) is 7.22. The third-order valence-electron chi connectivity index (χ3n) is 4.19. The molecular formula is C15H21Cl3N2O2S. The molecule has 2 N–H and O–H groups in total. The highest BCUT2D eigenvalue weighted by molar-refractivity contribution is 7.20. The molecule has 0 spiro atoms. The molecule has 1 fully saturated rings. The molecule has 0 aliphatic carbocycles. The van der Waals surface area contributed by atoms with Gasteiger partial charge in [-0.15, -0.1) is 23.7 Å². The minimum absolute atomic E-state index is 0. The molecule has 1 aromatic heterocycles. The highest BCUT2D eigenvalue weighted by atomic mass is 35.5. The van der Waals surface area contributed by atoms with E-state index in [4.69, 9.17) is 28.9 Å². The molecule has 1 atom stereocenters. The van der Waals surface area contributed by atoms with Gasteiger partial charge in [0.1, 0.15) is 4.34 Å². The van der Waals surface area contributed by atoms with Gasteiger partial charge in [0.05, 0.1) is 4.34 Å². The summed E-state index contributed by atoms with van der Waals surface area (Å²) in [7, 11) is 0. The zero-order valence-electron chi connectivity index (χ0n) is 13.1. The van der Waals surface area contributed by atoms with Crippen molar-refractivity contribution in [1.29, 1.82) is 0 Å². The summed E-state index contributed by atoms with van der Waals surface area (Å²) in [6.45, 7) is 5.42. The number of carbonyl (C=O) groups is 2. The van der Waals surface area contributed by atoms with Crippen molar-refractivity contribution in [2.75, 3.05) is 13.1 Å². The Morgan fingerprint density at radius 1 is 1.39 bits per heavy atom. The number of amides is 1. The molecule has 0 aromatic carbocycles. The first-order chi connectivity index (χ1) is 10.2. The predicted molar refractivity (Wildman–Crippen MR) is 98.1 cm³/mol. The number of piperidine rings is 1. The van der Waals surface area contributed by atoms with Crippen LogP contribution in [-0.2, 0) is 4.79 Å². The summed E-state index contributed by atoms with van der Waals surface area (Å²) in [5.74, 6) is -0.153. The number of thiophene rings is 1. The highest BCUT2D eigenvalue weighted by Gasteiger charge is 2.35. The van der Waals surface area contributed by atoms with E-state index in [1.165, 1.54) is 0 Å². The number of likely N-dealkylation sites (tertiary alicyclic amines) is 1. The van der Waals surface area contributed by atoms with Crippen LogP contribution in [0.3, 0.4) is 0 Å². The lowest BCUT2D eigenvalue weighted by Gasteiger charge is -2.42. The largest absolute Gasteiger partial charge is 0.342 e. The number of hydrogen-bond donors (Lipinski definition) is 1. The fraction of sp³-hybridized carbons (Fsp3) is 0.600. The maximum absolute atomic E-state index is 12.3. The normalized spacial score (nSPS) is 20.0. The van der Waals surface area contributed by atoms with Crippen molar-refractivity contribution < 1.29 is 9.59 Å². The van der Waals surface area contributed by atoms with Crippen molar-refractivity contribution in [2.45, 2.75) is 39.2 Å². The third kappa shape index (κ3) is 5.07. The molecule has 1 aromatic rings. The van der Waals surface area contributed by atoms with E-state index in [1.807, 2.05) is 0 Å². The van der Waals surface area contributed by atoms with Gasteiger partial charge < -0.3 is 10.6 Å². The van der Waals surface area contributed by atoms with Crippen molar-refractivity contribution in [2.24, 2.45) is 11.1 Å². The van der Waals surface area contributed by atoms with Crippen molar-refractivity contribution in [1.82, 2.24) is 4.90 Å². The van der Waals surface area contributed by atoms with E-state index in [-0.39, 0.29) is 48.4 Å². The first-order valence-corrected chi connectivity index (χ1v) is 8.79. The fourth-order valence-corrected chi connectivity index (χ4v) is 4.13. The molecule has 0 radical (unpaired) electrons. The second-order valence-electron chi connectivity index (χ2n) is 6.36. The number of ketones is 1. The van der Waals surface area contributed by atoms with Crippen molar-refractivity contribution >= 4 is 58.6 Å². The Balaban J connectivity index is 0.00000264. The van der Waals surface area contributed by atoms with Crippen molar-refractivity contribution in [3.05, 3.63) is 20.3 Å². The van der Waals surface area contributed by atoms with Gasteiger partial charge >= 0.3 is 0 Å². The molecule has 0 saturated carbocycles. The van der Waals surface area contributed by atoms with Crippen LogP contribution in [0, 0.1) is 5.41 Å². The van der Waals surface area contributed by atoms with Crippen LogP contribution in [0.5, 0.6) is 0 Å². The lowest BCUT2D eigenvalue weighted by molar-refractivity contribution is -0.134. The zero-order valence-corrected chi connectivity index (χ0v) is 16.2. The first kappa shape index (κ1) is 20.7. The van der Waals surface area contributed by atoms with Gasteiger partial charge in [-0.3, -0.25) is 9.59 Å². The van der Waals surface area contributed by atoms with E-state index in [2.05, 4.69) is 13.8 Å². The van der Waals surface area contributed by atoms with Crippen LogP contribution in [-0.4, -0.2) is 35.7 Å². The van der Waals surface area contributed by atoms with E-state index in [9.17, 15) is 9.59 Å². The Kier molecular flexibility index (Phi) is 7.36. The van der Waals surface area contributed by atoms with Crippen molar-refractivity contribution in [3.63, 3.8) is 0 Å². The summed E-state index contributed by atoms with van der Waals surface area (Å²) < 4.78 is 0.860. The van der Waals surface area contributed by atoms with Gasteiger partial charge in [0.2, 0.25) is 5.91 Å². The average Bonchev–Trinajstić information content (AvgIpc) is 2.77. The fourth-order valence-electron chi connectivity index (χ4n) is 2.63. The van der Waals surface area contributed by atoms with Crippen LogP contribution >= 0.6 is 46.9 Å². The number of rotatable bonds is 4. The Hall–Kier alpha value is -0.330. The number of carbonyl (C=O) groups excluding carboxylic acids is 2. The van der Waals surface area contributed by atoms with Gasteiger partial charge in [-0.1, -0.05) is 37.0 Å². The minimum atomic E-state index is -0.144. The van der Waals surface area contributed by atoms with E-state index >= 15 is 0 Å². The van der Waals surface area contributed by atoms with Gasteiger partial charge in [0.15, 0.2) is 5.78 Å². The van der Waals surface area contributed by atoms with Gasteiger partial charge in [-0.2, -0.15) is 0 Å². The Morgan fingerprint density at radius 2 is 2.04 bits per heavy atom. The summed E-state index contributed by atoms with van der Waals surface area (Å²) in [4.78, 5) is 26.2. The van der Waals surface area contributed by atoms with Crippen molar-refractivity contribution in [3.8, 4) is 0 Å². The van der Waals surface area contributed by atoms with Gasteiger partial charge in [-0.05, 0) is 17.9 Å². The van der Waals surface area contributed by atoms with Gasteiger partial charge in [-0.25, -0.2) is 0 Å². The molecule has 1 saturated heterocycles. The van der Waals surface area contributed by atoms with E-state index in [1.54, 1.807) is 11.0 Å². The summed E-state index contributed by atoms with van der Waals surface area (Å²) >= 11 is 13.0. The summed E-state index contributed by atoms with van der Waals surface area (Å²) in [6, 6.07) is 1.66. The second kappa shape index (κ2) is 8.17. The average molecular weight is 400 g/mol. The standard InChI is InChI=1S/C15H20Cl2N2O2S.ClH/c1-15(2)8-19(6-5-11(15)18)13(21)4-3-10(20)9-7-12(16)22-14(9)17;/h7,11H,3-6,8,18H2,1-2H3;1H. The molecule has 1 aliphatic rings. The molecule has 2 rings (SSSR count). The predicted octanol–water partition coefficient (Wildman–Crippen LogP) is 4.03. The van der Waals surface area contributed by atoms with Gasteiger partial charge in [0.25, 0.3) is 0 Å². The molecule has 2 heterocycles. The molecule has 0 bridgehead atoms. The summed E-state index contributed by atoms with van der Waals surface area (Å²) in [6.07, 6.45) is 1.13. The maximum Gasteiger partial charge on any atom is 0.223 e. The minimum Gasteiger partial charge on any atom is -0.342 e. The Morgan fingerprint density at radius 3 is 2.57 bits per heavy atom. The molecule has 4 nitrogen and oxygen atoms in total. The molecule has 1 amide bonds. The van der Waals surface area contributed by atoms with Crippen LogP contribution < -0.4 is 5.73 Å². The number of Topliss-reactive ketones (excluding diaryl/α,β-unsaturated/α-hetero) is 1. The van der Waals surface area contributed by atoms with Crippen LogP contribution in [0.25, 0.3) is 0 Å². The Labute approximate surface area is 156 Å². The molecule has 1 aliphatic heterocycles. The SMILES string of the molecule is CC1(C)CN(C(=O)CCC(=O)c2cc(Cl)sc2Cl)CCC1N.Cl. The molecule has 8 heteroatoms. The molecular weight excluding hydrogens is 379 g/mol. The van der Waals surface area contributed by atoms with Crippen LogP contribution in [0.2, 0.25) is 8.67 Å². The summed E-state index contributed by atoms with van der Waals surface area (Å²) in [5.41, 5.74) is 6.39. The topological polar surface area (TPSA) is 63.4 Å². The summed E-state index contributed by atoms with van der Waals surface area (Å²) in [5, 5.41) is 0. The lowest BCUT2D eigenvalue weighted by atomic mass is 9.79. The lowest BCUT2D eigenvalue weighted by Crippen LogP contribution is -2.54. The van der Waals surface area contributed by atoms with Crippen LogP contribution in [0.15, 0.2) is 6.07 Å². The number of hydrogen-bond acceptors (Lipinski definition) is 4. The molecule has 23 heavy (non-hydrogen) atoms. The number of halogens is 3. The van der Waals surface area contributed by atoms with E-state index in [0.717, 1.165) is 17.8 Å². The van der Waals surface area contributed by atoms with E-state index in [0.29, 0.717) is 27.3 Å². The monoisotopic (exact) mass is 398 g/mol. The number of nitrogens with two attached hydrogens (primary N) is 1. The molecule has 1 unspecified atom stereocenters. The Bertz CT molecular complexity index is 589. The van der Waals surface area contributed by atoms with Crippen LogP contribution in [0.4, 0.5) is 0 Å². The second-order valence-corrected chi connectivity index (χ2v) is 8.65. The quantitative estimate of drug-likeness (QED) is 0.778. The smallest absolute Gasteiger partial charge is 0.223 e. The van der Waals surface area contributed by atoms with E-state index < -0.39 is 0 Å². The third-order valence-corrected chi connectivity index (χ3v) is 5.68. The van der Waals surface area contributed by atoms with Gasteiger partial charge in [0, 0.05) is 37.5 Å². The highest BCUT2D eigenvalue weighted by Crippen LogP contribution is 2.32.